The summed E-state index contributed by atoms with van der Waals surface area (Å²) in [5.74, 6) is 0.910. The zero-order valence-electron chi connectivity index (χ0n) is 8.65. The first-order chi connectivity index (χ1) is 6.51. The first kappa shape index (κ1) is 11.9. The highest BCUT2D eigenvalue weighted by Gasteiger charge is 2.24. The Kier molecular flexibility index (Phi) is 4.34. The summed E-state index contributed by atoms with van der Waals surface area (Å²) in [5.41, 5.74) is 0. The van der Waals surface area contributed by atoms with E-state index in [4.69, 9.17) is 4.55 Å². The minimum atomic E-state index is -3.66. The summed E-state index contributed by atoms with van der Waals surface area (Å²) in [6.07, 6.45) is 4.46. The van der Waals surface area contributed by atoms with Gasteiger partial charge in [-0.25, -0.2) is 0 Å². The summed E-state index contributed by atoms with van der Waals surface area (Å²) in [6.45, 7) is 5.55. The molecule has 3 aliphatic rings. The van der Waals surface area contributed by atoms with Gasteiger partial charge in [-0.15, -0.1) is 0 Å². The van der Waals surface area contributed by atoms with Gasteiger partial charge in [0, 0.05) is 0 Å². The Hall–Kier alpha value is -0.130. The van der Waals surface area contributed by atoms with E-state index >= 15 is 0 Å². The lowest BCUT2D eigenvalue weighted by molar-refractivity contribution is 0.111. The quantitative estimate of drug-likeness (QED) is 0.671. The summed E-state index contributed by atoms with van der Waals surface area (Å²) in [6, 6.07) is 0. The molecule has 0 aromatic carbocycles. The van der Waals surface area contributed by atoms with Crippen molar-refractivity contribution in [1.29, 1.82) is 0 Å². The van der Waals surface area contributed by atoms with Gasteiger partial charge in [-0.3, -0.25) is 4.55 Å². The van der Waals surface area contributed by atoms with E-state index in [0.29, 0.717) is 0 Å². The minimum Gasteiger partial charge on any atom is -0.303 e. The molecule has 0 amide bonds. The average molecular weight is 221 g/mol. The standard InChI is InChI=1S/C7H13N.C2H6O3S/c1-4-8-5-2-7(1)3-6-8;1-2-6(3,4)5/h7H,1-6H2;2H2,1H3,(H,3,4,5). The predicted octanol–water partition coefficient (Wildman–Crippen LogP) is 0.996. The molecule has 0 aromatic rings. The molecule has 0 spiro atoms. The largest absolute Gasteiger partial charge is 0.303 e. The van der Waals surface area contributed by atoms with Crippen molar-refractivity contribution in [1.82, 2.24) is 4.90 Å². The Morgan fingerprint density at radius 3 is 1.64 bits per heavy atom. The maximum absolute atomic E-state index is 9.56. The predicted molar refractivity (Wildman–Crippen MR) is 55.9 cm³/mol. The van der Waals surface area contributed by atoms with Crippen molar-refractivity contribution in [2.75, 3.05) is 25.4 Å². The lowest BCUT2D eigenvalue weighted by atomic mass is 9.89. The highest BCUT2D eigenvalue weighted by atomic mass is 32.2. The fraction of sp³-hybridized carbons (Fsp3) is 1.00. The molecule has 1 N–H and O–H groups in total. The minimum absolute atomic E-state index is 0.201. The highest BCUT2D eigenvalue weighted by Crippen LogP contribution is 2.26. The van der Waals surface area contributed by atoms with Crippen molar-refractivity contribution in [3.63, 3.8) is 0 Å². The summed E-state index contributed by atoms with van der Waals surface area (Å²) >= 11 is 0. The van der Waals surface area contributed by atoms with Gasteiger partial charge in [0.05, 0.1) is 5.75 Å². The Labute approximate surface area is 86.0 Å². The number of piperidine rings is 3. The van der Waals surface area contributed by atoms with Crippen molar-refractivity contribution < 1.29 is 13.0 Å². The monoisotopic (exact) mass is 221 g/mol. The Morgan fingerprint density at radius 1 is 1.21 bits per heavy atom. The van der Waals surface area contributed by atoms with Gasteiger partial charge in [-0.1, -0.05) is 0 Å². The number of hydrogen-bond acceptors (Lipinski definition) is 3. The molecule has 3 fully saturated rings. The molecule has 0 unspecified atom stereocenters. The van der Waals surface area contributed by atoms with Crippen molar-refractivity contribution in [2.45, 2.75) is 26.2 Å². The van der Waals surface area contributed by atoms with E-state index in [0.717, 1.165) is 5.92 Å². The molecular formula is C9H19NO3S. The van der Waals surface area contributed by atoms with Crippen LogP contribution in [0.2, 0.25) is 0 Å². The molecular weight excluding hydrogens is 202 g/mol. The van der Waals surface area contributed by atoms with Gasteiger partial charge in [0.1, 0.15) is 0 Å². The topological polar surface area (TPSA) is 57.6 Å². The average Bonchev–Trinajstić information content (AvgIpc) is 2.21. The first-order valence-electron chi connectivity index (χ1n) is 5.19. The van der Waals surface area contributed by atoms with Crippen LogP contribution in [0.3, 0.4) is 0 Å². The molecule has 3 rings (SSSR count). The lowest BCUT2D eigenvalue weighted by Crippen LogP contribution is -2.41. The van der Waals surface area contributed by atoms with Crippen molar-refractivity contribution in [3.05, 3.63) is 0 Å². The van der Waals surface area contributed by atoms with Crippen LogP contribution >= 0.6 is 0 Å². The molecule has 4 nitrogen and oxygen atoms in total. The van der Waals surface area contributed by atoms with Crippen LogP contribution in [-0.2, 0) is 10.1 Å². The Morgan fingerprint density at radius 2 is 1.57 bits per heavy atom. The Bertz CT molecular complexity index is 232. The molecule has 0 aliphatic carbocycles. The molecule has 0 atom stereocenters. The van der Waals surface area contributed by atoms with E-state index in [2.05, 4.69) is 4.90 Å². The third kappa shape index (κ3) is 4.39. The van der Waals surface area contributed by atoms with Gasteiger partial charge >= 0.3 is 0 Å². The van der Waals surface area contributed by atoms with E-state index in [1.807, 2.05) is 0 Å². The van der Waals surface area contributed by atoms with E-state index in [1.54, 1.807) is 0 Å². The fourth-order valence-corrected chi connectivity index (χ4v) is 1.86. The number of fused-ring (bicyclic) bond motifs is 3. The van der Waals surface area contributed by atoms with Crippen LogP contribution in [0.4, 0.5) is 0 Å². The second-order valence-electron chi connectivity index (χ2n) is 3.94. The Balaban J connectivity index is 0.000000149. The normalized spacial score (nSPS) is 30.7. The first-order valence-corrected chi connectivity index (χ1v) is 6.79. The second-order valence-corrected chi connectivity index (χ2v) is 5.69. The zero-order chi connectivity index (χ0) is 10.6. The van der Waals surface area contributed by atoms with Crippen molar-refractivity contribution in [2.24, 2.45) is 5.92 Å². The van der Waals surface area contributed by atoms with E-state index in [9.17, 15) is 8.42 Å². The summed E-state index contributed by atoms with van der Waals surface area (Å²) < 4.78 is 26.9. The zero-order valence-corrected chi connectivity index (χ0v) is 9.46. The van der Waals surface area contributed by atoms with Gasteiger partial charge in [0.25, 0.3) is 10.1 Å². The maximum Gasteiger partial charge on any atom is 0.264 e. The van der Waals surface area contributed by atoms with Crippen LogP contribution in [0.25, 0.3) is 0 Å². The van der Waals surface area contributed by atoms with Gasteiger partial charge in [0.2, 0.25) is 0 Å². The lowest BCUT2D eigenvalue weighted by Gasteiger charge is -2.38. The summed E-state index contributed by atoms with van der Waals surface area (Å²) in [7, 11) is -3.66. The van der Waals surface area contributed by atoms with E-state index < -0.39 is 10.1 Å². The van der Waals surface area contributed by atoms with Crippen LogP contribution in [0, 0.1) is 5.92 Å². The highest BCUT2D eigenvalue weighted by molar-refractivity contribution is 7.85. The van der Waals surface area contributed by atoms with Gasteiger partial charge in [0.15, 0.2) is 0 Å². The van der Waals surface area contributed by atoms with E-state index in [1.165, 1.54) is 45.8 Å². The molecule has 84 valence electrons. The molecule has 5 heteroatoms. The number of hydrogen-bond donors (Lipinski definition) is 1. The number of nitrogens with zero attached hydrogens (tertiary/aromatic N) is 1. The molecule has 3 saturated heterocycles. The third-order valence-corrected chi connectivity index (χ3v) is 3.66. The molecule has 2 bridgehead atoms. The van der Waals surface area contributed by atoms with Gasteiger partial charge in [-0.05, 0) is 51.7 Å². The molecule has 0 saturated carbocycles. The van der Waals surface area contributed by atoms with Crippen LogP contribution in [0.5, 0.6) is 0 Å². The molecule has 0 radical (unpaired) electrons. The van der Waals surface area contributed by atoms with Gasteiger partial charge in [-0.2, -0.15) is 8.42 Å². The molecule has 14 heavy (non-hydrogen) atoms. The molecule has 0 aromatic heterocycles. The maximum atomic E-state index is 9.56. The van der Waals surface area contributed by atoms with Crippen LogP contribution in [0.15, 0.2) is 0 Å². The summed E-state index contributed by atoms with van der Waals surface area (Å²) in [4.78, 5) is 2.58. The van der Waals surface area contributed by atoms with Gasteiger partial charge < -0.3 is 4.90 Å². The SMILES string of the molecule is C1CN2CCC1CC2.CCS(=O)(=O)O. The number of rotatable bonds is 1. The smallest absolute Gasteiger partial charge is 0.264 e. The fourth-order valence-electron chi connectivity index (χ4n) is 1.86. The molecule has 3 heterocycles. The van der Waals surface area contributed by atoms with E-state index in [-0.39, 0.29) is 5.75 Å². The van der Waals surface area contributed by atoms with Crippen LogP contribution in [-0.4, -0.2) is 43.3 Å². The third-order valence-electron chi connectivity index (χ3n) is 2.93. The van der Waals surface area contributed by atoms with Crippen LogP contribution < -0.4 is 0 Å². The summed E-state index contributed by atoms with van der Waals surface area (Å²) in [5, 5.41) is 0. The van der Waals surface area contributed by atoms with Crippen molar-refractivity contribution >= 4 is 10.1 Å². The second kappa shape index (κ2) is 5.09. The van der Waals surface area contributed by atoms with Crippen LogP contribution in [0.1, 0.15) is 26.2 Å². The molecule has 3 aliphatic heterocycles. The van der Waals surface area contributed by atoms with Crippen molar-refractivity contribution in [3.8, 4) is 0 Å².